The van der Waals surface area contributed by atoms with Crippen LogP contribution in [-0.4, -0.2) is 53.6 Å². The van der Waals surface area contributed by atoms with Crippen molar-refractivity contribution in [3.8, 4) is 5.75 Å². The fourth-order valence-electron chi connectivity index (χ4n) is 3.59. The summed E-state index contributed by atoms with van der Waals surface area (Å²) in [6, 6.07) is 14.3. The average molecular weight is 396 g/mol. The van der Waals surface area contributed by atoms with Gasteiger partial charge in [-0.1, -0.05) is 24.3 Å². The van der Waals surface area contributed by atoms with E-state index in [2.05, 4.69) is 14.9 Å². The minimum atomic E-state index is -0.378. The number of imidazole rings is 1. The van der Waals surface area contributed by atoms with E-state index >= 15 is 0 Å². The lowest BCUT2D eigenvalue weighted by atomic mass is 10.2. The van der Waals surface area contributed by atoms with E-state index in [4.69, 9.17) is 4.74 Å². The summed E-state index contributed by atoms with van der Waals surface area (Å²) in [6.07, 6.45) is 1.87. The van der Waals surface area contributed by atoms with Gasteiger partial charge in [-0.25, -0.2) is 9.37 Å². The Hall–Kier alpha value is -3.09. The number of aromatic nitrogens is 2. The third kappa shape index (κ3) is 4.67. The number of carbonyl (C=O) groups excluding carboxylic acids is 1. The van der Waals surface area contributed by atoms with Crippen molar-refractivity contribution in [2.24, 2.45) is 0 Å². The van der Waals surface area contributed by atoms with Crippen molar-refractivity contribution < 1.29 is 13.9 Å². The molecule has 0 radical (unpaired) electrons. The molecule has 1 aromatic heterocycles. The van der Waals surface area contributed by atoms with Gasteiger partial charge in [0.15, 0.2) is 11.6 Å². The lowest BCUT2D eigenvalue weighted by Crippen LogP contribution is -2.35. The average Bonchev–Trinajstić information content (AvgIpc) is 3.01. The molecule has 0 saturated carbocycles. The number of nitrogens with zero attached hydrogens (tertiary/aromatic N) is 3. The number of H-pyrrole nitrogens is 1. The van der Waals surface area contributed by atoms with Crippen LogP contribution in [0.15, 0.2) is 48.5 Å². The number of para-hydroxylation sites is 3. The molecule has 4 rings (SSSR count). The second kappa shape index (κ2) is 8.94. The van der Waals surface area contributed by atoms with Crippen LogP contribution in [0, 0.1) is 5.82 Å². The lowest BCUT2D eigenvalue weighted by Gasteiger charge is -2.21. The number of benzene rings is 2. The van der Waals surface area contributed by atoms with Crippen LogP contribution in [0.3, 0.4) is 0 Å². The first-order valence-electron chi connectivity index (χ1n) is 10.1. The van der Waals surface area contributed by atoms with Crippen molar-refractivity contribution in [2.75, 3.05) is 37.7 Å². The number of anilines is 1. The largest absolute Gasteiger partial charge is 0.491 e. The lowest BCUT2D eigenvalue weighted by molar-refractivity contribution is -0.131. The van der Waals surface area contributed by atoms with Gasteiger partial charge >= 0.3 is 0 Å². The fraction of sp³-hybridized carbons (Fsp3) is 0.364. The third-order valence-electron chi connectivity index (χ3n) is 5.15. The van der Waals surface area contributed by atoms with Gasteiger partial charge < -0.3 is 19.5 Å². The maximum absolute atomic E-state index is 13.5. The van der Waals surface area contributed by atoms with E-state index in [1.165, 1.54) is 6.07 Å². The molecule has 1 amide bonds. The Balaban J connectivity index is 1.25. The van der Waals surface area contributed by atoms with E-state index in [1.54, 1.807) is 18.2 Å². The Labute approximate surface area is 169 Å². The van der Waals surface area contributed by atoms with Crippen LogP contribution >= 0.6 is 0 Å². The molecule has 1 aliphatic rings. The number of carbonyl (C=O) groups is 1. The van der Waals surface area contributed by atoms with E-state index in [0.29, 0.717) is 26.0 Å². The highest BCUT2D eigenvalue weighted by molar-refractivity contribution is 5.78. The number of amides is 1. The summed E-state index contributed by atoms with van der Waals surface area (Å²) >= 11 is 0. The van der Waals surface area contributed by atoms with Crippen LogP contribution in [0.5, 0.6) is 5.75 Å². The number of aromatic amines is 1. The number of nitrogens with one attached hydrogen (secondary N) is 1. The van der Waals surface area contributed by atoms with E-state index < -0.39 is 0 Å². The number of halogens is 1. The monoisotopic (exact) mass is 396 g/mol. The molecule has 2 aromatic carbocycles. The highest BCUT2D eigenvalue weighted by Gasteiger charge is 2.20. The van der Waals surface area contributed by atoms with Crippen molar-refractivity contribution in [1.82, 2.24) is 14.9 Å². The van der Waals surface area contributed by atoms with Gasteiger partial charge in [0.2, 0.25) is 11.9 Å². The van der Waals surface area contributed by atoms with Crippen LogP contribution in [-0.2, 0) is 4.79 Å². The van der Waals surface area contributed by atoms with Gasteiger partial charge in [0.1, 0.15) is 0 Å². The van der Waals surface area contributed by atoms with Crippen molar-refractivity contribution in [1.29, 1.82) is 0 Å². The molecular weight excluding hydrogens is 371 g/mol. The number of hydrogen-bond donors (Lipinski definition) is 1. The zero-order valence-corrected chi connectivity index (χ0v) is 16.3. The summed E-state index contributed by atoms with van der Waals surface area (Å²) in [7, 11) is 0. The minimum absolute atomic E-state index is 0.119. The Morgan fingerprint density at radius 2 is 1.90 bits per heavy atom. The molecule has 29 heavy (non-hydrogen) atoms. The van der Waals surface area contributed by atoms with Crippen molar-refractivity contribution in [2.45, 2.75) is 19.3 Å². The summed E-state index contributed by atoms with van der Waals surface area (Å²) < 4.78 is 19.0. The molecule has 7 heteroatoms. The zero-order valence-electron chi connectivity index (χ0n) is 16.3. The molecule has 1 aliphatic heterocycles. The van der Waals surface area contributed by atoms with Crippen LogP contribution < -0.4 is 9.64 Å². The van der Waals surface area contributed by atoms with Crippen LogP contribution in [0.1, 0.15) is 19.3 Å². The van der Waals surface area contributed by atoms with Gasteiger partial charge in [-0.15, -0.1) is 0 Å². The molecule has 0 unspecified atom stereocenters. The molecule has 152 valence electrons. The maximum atomic E-state index is 13.5. The van der Waals surface area contributed by atoms with E-state index in [1.807, 2.05) is 29.2 Å². The molecule has 0 bridgehead atoms. The minimum Gasteiger partial charge on any atom is -0.491 e. The first kappa shape index (κ1) is 19.2. The second-order valence-electron chi connectivity index (χ2n) is 7.18. The quantitative estimate of drug-likeness (QED) is 0.647. The fourth-order valence-corrected chi connectivity index (χ4v) is 3.59. The van der Waals surface area contributed by atoms with Crippen LogP contribution in [0.2, 0.25) is 0 Å². The van der Waals surface area contributed by atoms with Gasteiger partial charge in [0.05, 0.1) is 17.6 Å². The van der Waals surface area contributed by atoms with E-state index in [0.717, 1.165) is 43.0 Å². The molecule has 1 fully saturated rings. The first-order valence-corrected chi connectivity index (χ1v) is 10.1. The van der Waals surface area contributed by atoms with Gasteiger partial charge in [0, 0.05) is 32.6 Å². The molecule has 2 heterocycles. The van der Waals surface area contributed by atoms with Crippen molar-refractivity contribution in [3.63, 3.8) is 0 Å². The standard InChI is InChI=1S/C22H25FN4O2/c23-17-7-1-4-10-20(17)29-16-5-11-21(28)26-12-6-13-27(15-14-26)22-24-18-8-2-3-9-19(18)25-22/h1-4,7-10H,5-6,11-16H2,(H,24,25). The molecule has 1 saturated heterocycles. The Kier molecular flexibility index (Phi) is 5.93. The smallest absolute Gasteiger partial charge is 0.222 e. The summed E-state index contributed by atoms with van der Waals surface area (Å²) in [4.78, 5) is 24.7. The van der Waals surface area contributed by atoms with Crippen molar-refractivity contribution in [3.05, 3.63) is 54.3 Å². The molecule has 1 N–H and O–H groups in total. The molecule has 0 atom stereocenters. The van der Waals surface area contributed by atoms with E-state index in [9.17, 15) is 9.18 Å². The predicted molar refractivity (Wildman–Crippen MR) is 111 cm³/mol. The number of ether oxygens (including phenoxy) is 1. The summed E-state index contributed by atoms with van der Waals surface area (Å²) in [5.41, 5.74) is 1.98. The van der Waals surface area contributed by atoms with Crippen molar-refractivity contribution >= 4 is 22.9 Å². The molecule has 3 aromatic rings. The van der Waals surface area contributed by atoms with Gasteiger partial charge in [-0.3, -0.25) is 4.79 Å². The Morgan fingerprint density at radius 1 is 1.07 bits per heavy atom. The zero-order chi connectivity index (χ0) is 20.1. The van der Waals surface area contributed by atoms with Gasteiger partial charge in [-0.2, -0.15) is 0 Å². The summed E-state index contributed by atoms with van der Waals surface area (Å²) in [5, 5.41) is 0. The maximum Gasteiger partial charge on any atom is 0.222 e. The van der Waals surface area contributed by atoms with Crippen LogP contribution in [0.25, 0.3) is 11.0 Å². The first-order chi connectivity index (χ1) is 14.2. The predicted octanol–water partition coefficient (Wildman–Crippen LogP) is 3.60. The molecule has 0 aliphatic carbocycles. The SMILES string of the molecule is O=C(CCCOc1ccccc1F)N1CCCN(c2nc3ccccc3[nH]2)CC1. The normalized spacial score (nSPS) is 14.8. The summed E-state index contributed by atoms with van der Waals surface area (Å²) in [5.74, 6) is 0.834. The highest BCUT2D eigenvalue weighted by atomic mass is 19.1. The number of hydrogen-bond acceptors (Lipinski definition) is 4. The van der Waals surface area contributed by atoms with E-state index in [-0.39, 0.29) is 17.5 Å². The van der Waals surface area contributed by atoms with Gasteiger partial charge in [-0.05, 0) is 37.1 Å². The summed E-state index contributed by atoms with van der Waals surface area (Å²) in [6.45, 7) is 3.34. The second-order valence-corrected chi connectivity index (χ2v) is 7.18. The molecule has 0 spiro atoms. The van der Waals surface area contributed by atoms with Gasteiger partial charge in [0.25, 0.3) is 0 Å². The number of rotatable bonds is 6. The topological polar surface area (TPSA) is 61.5 Å². The highest BCUT2D eigenvalue weighted by Crippen LogP contribution is 2.19. The Morgan fingerprint density at radius 3 is 2.76 bits per heavy atom. The molecular formula is C22H25FN4O2. The Bertz CT molecular complexity index is 941. The van der Waals surface area contributed by atoms with Crippen LogP contribution in [0.4, 0.5) is 10.3 Å². The number of fused-ring (bicyclic) bond motifs is 1. The third-order valence-corrected chi connectivity index (χ3v) is 5.15. The molecule has 6 nitrogen and oxygen atoms in total.